The number of nitrogens with zero attached hydrogens (tertiary/aromatic N) is 7. The first-order valence-electron chi connectivity index (χ1n) is 11.4. The maximum absolute atomic E-state index is 13.6. The molecule has 0 aliphatic heterocycles. The van der Waals surface area contributed by atoms with Gasteiger partial charge in [0.25, 0.3) is 0 Å². The average molecular weight is 553 g/mol. The molecular weight excluding hydrogens is 524 g/mol. The zero-order valence-corrected chi connectivity index (χ0v) is 22.9. The van der Waals surface area contributed by atoms with Crippen LogP contribution in [-0.2, 0) is 14.8 Å². The van der Waals surface area contributed by atoms with Gasteiger partial charge in [-0.2, -0.15) is 9.97 Å². The van der Waals surface area contributed by atoms with Crippen LogP contribution in [0.25, 0.3) is 5.69 Å². The van der Waals surface area contributed by atoms with Crippen molar-refractivity contribution in [1.29, 1.82) is 0 Å². The Bertz CT molecular complexity index is 1340. The lowest BCUT2D eigenvalue weighted by molar-refractivity contribution is 0.0950. The van der Waals surface area contributed by atoms with Crippen LogP contribution in [-0.4, -0.2) is 69.7 Å². The molecule has 3 aromatic rings. The van der Waals surface area contributed by atoms with Crippen molar-refractivity contribution in [2.75, 3.05) is 26.1 Å². The van der Waals surface area contributed by atoms with Gasteiger partial charge in [-0.1, -0.05) is 25.4 Å². The maximum Gasteiger partial charge on any atom is 0.245 e. The Balaban J connectivity index is 1.80. The molecule has 0 aromatic carbocycles. The summed E-state index contributed by atoms with van der Waals surface area (Å²) in [5.41, 5.74) is 0.210. The lowest BCUT2D eigenvalue weighted by Crippen LogP contribution is -2.35. The van der Waals surface area contributed by atoms with E-state index in [1.807, 2.05) is 0 Å². The number of methoxy groups -OCH3 is 3. The van der Waals surface area contributed by atoms with E-state index in [4.69, 9.17) is 25.8 Å². The largest absolute Gasteiger partial charge is 0.479 e. The quantitative estimate of drug-likeness (QED) is 0.394. The van der Waals surface area contributed by atoms with E-state index in [9.17, 15) is 8.42 Å². The van der Waals surface area contributed by atoms with Crippen molar-refractivity contribution in [3.05, 3.63) is 35.4 Å². The van der Waals surface area contributed by atoms with Crippen LogP contribution in [0.3, 0.4) is 0 Å². The summed E-state index contributed by atoms with van der Waals surface area (Å²) in [6.45, 7) is 5.73. The first kappa shape index (κ1) is 26.9. The number of hydrogen-bond donors (Lipinski definition) is 1. The number of nitrogens with one attached hydrogen (secondary N) is 1. The van der Waals surface area contributed by atoms with Gasteiger partial charge < -0.3 is 14.2 Å². The van der Waals surface area contributed by atoms with E-state index in [0.717, 1.165) is 12.8 Å². The molecular formula is C22H29ClN8O5S. The zero-order chi connectivity index (χ0) is 27.0. The maximum atomic E-state index is 13.6. The number of sulfonamides is 1. The molecule has 0 radical (unpaired) electrons. The molecule has 2 unspecified atom stereocenters. The second-order valence-electron chi connectivity index (χ2n) is 9.31. The highest BCUT2D eigenvalue weighted by Crippen LogP contribution is 2.53. The third-order valence-corrected chi connectivity index (χ3v) is 8.57. The first-order valence-corrected chi connectivity index (χ1v) is 13.4. The number of aromatic nitrogens is 7. The van der Waals surface area contributed by atoms with Gasteiger partial charge in [0.1, 0.15) is 23.5 Å². The van der Waals surface area contributed by atoms with E-state index in [0.29, 0.717) is 10.8 Å². The molecule has 13 nitrogen and oxygen atoms in total. The van der Waals surface area contributed by atoms with Gasteiger partial charge in [0.2, 0.25) is 27.7 Å². The Hall–Kier alpha value is -3.10. The van der Waals surface area contributed by atoms with E-state index in [-0.39, 0.29) is 40.6 Å². The monoisotopic (exact) mass is 552 g/mol. The SMILES string of the molecule is COc1ncnc(OC)c1-n1c(NS(=O)(=O)C(C)C(OC)c2ncc(Cl)cn2)nnc1[C@H]1CCC1(C)C. The normalized spacial score (nSPS) is 18.5. The number of ether oxygens (including phenoxy) is 3. The Morgan fingerprint density at radius 3 is 2.19 bits per heavy atom. The Morgan fingerprint density at radius 1 is 1.08 bits per heavy atom. The predicted molar refractivity (Wildman–Crippen MR) is 135 cm³/mol. The fourth-order valence-electron chi connectivity index (χ4n) is 4.35. The molecule has 1 saturated carbocycles. The molecule has 0 spiro atoms. The van der Waals surface area contributed by atoms with Crippen LogP contribution < -0.4 is 14.2 Å². The molecule has 3 heterocycles. The van der Waals surface area contributed by atoms with Crippen molar-refractivity contribution in [2.24, 2.45) is 5.41 Å². The summed E-state index contributed by atoms with van der Waals surface area (Å²) < 4.78 is 47.7. The van der Waals surface area contributed by atoms with E-state index >= 15 is 0 Å². The molecule has 0 amide bonds. The summed E-state index contributed by atoms with van der Waals surface area (Å²) in [4.78, 5) is 16.6. The number of anilines is 1. The van der Waals surface area contributed by atoms with Crippen molar-refractivity contribution in [3.8, 4) is 17.4 Å². The Morgan fingerprint density at radius 2 is 1.70 bits per heavy atom. The van der Waals surface area contributed by atoms with Crippen LogP contribution >= 0.6 is 11.6 Å². The molecule has 1 N–H and O–H groups in total. The third-order valence-electron chi connectivity index (χ3n) is 6.68. The summed E-state index contributed by atoms with van der Waals surface area (Å²) in [5.74, 6) is 0.980. The number of rotatable bonds is 10. The molecule has 1 fully saturated rings. The average Bonchev–Trinajstić information content (AvgIpc) is 3.25. The van der Waals surface area contributed by atoms with E-state index in [2.05, 4.69) is 48.7 Å². The molecule has 1 aliphatic carbocycles. The van der Waals surface area contributed by atoms with Gasteiger partial charge >= 0.3 is 0 Å². The van der Waals surface area contributed by atoms with Crippen molar-refractivity contribution in [2.45, 2.75) is 50.9 Å². The molecule has 15 heteroatoms. The molecule has 1 aliphatic rings. The van der Waals surface area contributed by atoms with Crippen LogP contribution in [0.1, 0.15) is 57.3 Å². The van der Waals surface area contributed by atoms with Crippen LogP contribution in [0.15, 0.2) is 18.7 Å². The topological polar surface area (TPSA) is 156 Å². The summed E-state index contributed by atoms with van der Waals surface area (Å²) in [5, 5.41) is 7.80. The minimum Gasteiger partial charge on any atom is -0.479 e. The number of halogens is 1. The van der Waals surface area contributed by atoms with Crippen molar-refractivity contribution in [3.63, 3.8) is 0 Å². The lowest BCUT2D eigenvalue weighted by atomic mass is 9.62. The van der Waals surface area contributed by atoms with E-state index in [1.54, 1.807) is 4.57 Å². The molecule has 37 heavy (non-hydrogen) atoms. The van der Waals surface area contributed by atoms with Crippen LogP contribution in [0.4, 0.5) is 5.95 Å². The lowest BCUT2D eigenvalue weighted by Gasteiger charge is -2.43. The Kier molecular flexibility index (Phi) is 7.53. The summed E-state index contributed by atoms with van der Waals surface area (Å²) in [6, 6.07) is 0. The highest BCUT2D eigenvalue weighted by Gasteiger charge is 2.44. The third kappa shape index (κ3) is 5.05. The van der Waals surface area contributed by atoms with Gasteiger partial charge in [0, 0.05) is 25.4 Å². The molecule has 0 saturated heterocycles. The summed E-state index contributed by atoms with van der Waals surface area (Å²) in [6.07, 6.45) is 4.89. The molecule has 0 bridgehead atoms. The molecule has 3 aromatic heterocycles. The van der Waals surface area contributed by atoms with Gasteiger partial charge in [-0.05, 0) is 25.2 Å². The first-order chi connectivity index (χ1) is 17.5. The zero-order valence-electron chi connectivity index (χ0n) is 21.3. The molecule has 3 atom stereocenters. The second-order valence-corrected chi connectivity index (χ2v) is 11.8. The standard InChI is InChI=1S/C22H29ClN8O5S/c1-12(16(34-4)17-24-9-13(23)10-25-17)37(32,33)30-21-29-28-18(14-7-8-22(14,2)3)31(21)15-19(35-5)26-11-27-20(15)36-6/h9-12,14,16H,7-8H2,1-6H3,(H,29,30)/t12?,14-,16?/m1/s1. The minimum atomic E-state index is -4.12. The van der Waals surface area contributed by atoms with Gasteiger partial charge in [-0.3, -0.25) is 9.29 Å². The smallest absolute Gasteiger partial charge is 0.245 e. The van der Waals surface area contributed by atoms with Crippen molar-refractivity contribution < 1.29 is 22.6 Å². The minimum absolute atomic E-state index is 0.000475. The van der Waals surface area contributed by atoms with Gasteiger partial charge in [0.05, 0.1) is 19.2 Å². The van der Waals surface area contributed by atoms with Gasteiger partial charge in [0.15, 0.2) is 11.5 Å². The fraction of sp³-hybridized carbons (Fsp3) is 0.545. The van der Waals surface area contributed by atoms with E-state index in [1.165, 1.54) is 47.0 Å². The van der Waals surface area contributed by atoms with E-state index < -0.39 is 21.4 Å². The van der Waals surface area contributed by atoms with Gasteiger partial charge in [-0.15, -0.1) is 10.2 Å². The van der Waals surface area contributed by atoms with Crippen molar-refractivity contribution >= 4 is 27.6 Å². The Labute approximate surface area is 220 Å². The predicted octanol–water partition coefficient (Wildman–Crippen LogP) is 2.94. The fourth-order valence-corrected chi connectivity index (χ4v) is 5.58. The highest BCUT2D eigenvalue weighted by atomic mass is 35.5. The van der Waals surface area contributed by atoms with Crippen LogP contribution in [0, 0.1) is 5.41 Å². The highest BCUT2D eigenvalue weighted by molar-refractivity contribution is 7.93. The summed E-state index contributed by atoms with van der Waals surface area (Å²) >= 11 is 5.88. The van der Waals surface area contributed by atoms with Crippen LogP contribution in [0.5, 0.6) is 11.8 Å². The molecule has 4 rings (SSSR count). The van der Waals surface area contributed by atoms with Gasteiger partial charge in [-0.25, -0.2) is 18.4 Å². The second kappa shape index (κ2) is 10.3. The summed E-state index contributed by atoms with van der Waals surface area (Å²) in [7, 11) is 0.160. The van der Waals surface area contributed by atoms with Crippen LogP contribution in [0.2, 0.25) is 5.02 Å². The molecule has 200 valence electrons. The number of hydrogen-bond acceptors (Lipinski definition) is 11. The van der Waals surface area contributed by atoms with Crippen molar-refractivity contribution in [1.82, 2.24) is 34.7 Å².